The molecule has 342 valence electrons. The lowest BCUT2D eigenvalue weighted by Gasteiger charge is -2.28. The first-order chi connectivity index (χ1) is 36.2. The molecule has 0 aliphatic carbocycles. The molecule has 0 saturated carbocycles. The topological polar surface area (TPSA) is 32.8 Å². The molecule has 0 aliphatic heterocycles. The van der Waals surface area contributed by atoms with E-state index in [4.69, 9.17) is 8.83 Å². The minimum atomic E-state index is 0.842. The van der Waals surface area contributed by atoms with E-state index < -0.39 is 0 Å². The first kappa shape index (κ1) is 41.4. The fourth-order valence-corrected chi connectivity index (χ4v) is 12.6. The summed E-state index contributed by atoms with van der Waals surface area (Å²) in [6.07, 6.45) is 0. The molecular weight excluding hydrogens is 909 g/mol. The maximum atomic E-state index is 6.89. The van der Waals surface area contributed by atoms with Gasteiger partial charge in [-0.3, -0.25) is 0 Å². The number of hydrogen-bond donors (Lipinski definition) is 0. The Morgan fingerprint density at radius 3 is 1.05 bits per heavy atom. The predicted octanol–water partition coefficient (Wildman–Crippen LogP) is 20.4. The SMILES string of the molecule is c1ccc(-c2cccc(N(c3cc4c5cc(N(c6cccc(-c7ccccc7)c6)c6cccc7c6oc6ccccc67)c6ccccc6c5sc4c4ccccc34)c3cccc4c3oc3ccccc34)c2)cc1. The summed E-state index contributed by atoms with van der Waals surface area (Å²) in [7, 11) is 0. The highest BCUT2D eigenvalue weighted by molar-refractivity contribution is 7.27. The first-order valence-electron chi connectivity index (χ1n) is 24.7. The highest BCUT2D eigenvalue weighted by atomic mass is 32.1. The molecule has 12 aromatic carbocycles. The number of fused-ring (bicyclic) bond motifs is 13. The van der Waals surface area contributed by atoms with Crippen molar-refractivity contribution in [3.05, 3.63) is 255 Å². The van der Waals surface area contributed by atoms with Crippen molar-refractivity contribution in [1.29, 1.82) is 0 Å². The van der Waals surface area contributed by atoms with Crippen LogP contribution < -0.4 is 9.80 Å². The van der Waals surface area contributed by atoms with E-state index in [0.717, 1.165) is 111 Å². The van der Waals surface area contributed by atoms with E-state index in [2.05, 4.69) is 252 Å². The molecule has 0 amide bonds. The summed E-state index contributed by atoms with van der Waals surface area (Å²) in [4.78, 5) is 4.85. The zero-order valence-corrected chi connectivity index (χ0v) is 40.2. The van der Waals surface area contributed by atoms with Crippen LogP contribution >= 0.6 is 11.3 Å². The molecule has 73 heavy (non-hydrogen) atoms. The lowest BCUT2D eigenvalue weighted by molar-refractivity contribution is 0.669. The molecule has 0 bridgehead atoms. The van der Waals surface area contributed by atoms with Crippen LogP contribution in [0, 0.1) is 0 Å². The van der Waals surface area contributed by atoms with Gasteiger partial charge < -0.3 is 18.6 Å². The molecule has 0 aliphatic rings. The van der Waals surface area contributed by atoms with Crippen LogP contribution in [0.1, 0.15) is 0 Å². The van der Waals surface area contributed by atoms with E-state index in [1.54, 1.807) is 0 Å². The fraction of sp³-hybridized carbons (Fsp3) is 0. The van der Waals surface area contributed by atoms with E-state index in [1.165, 1.54) is 30.9 Å². The van der Waals surface area contributed by atoms with Crippen molar-refractivity contribution in [2.24, 2.45) is 0 Å². The summed E-state index contributed by atoms with van der Waals surface area (Å²) in [5, 5.41) is 11.4. The van der Waals surface area contributed by atoms with Gasteiger partial charge >= 0.3 is 0 Å². The summed E-state index contributed by atoms with van der Waals surface area (Å²) in [5.74, 6) is 0. The third-order valence-corrected chi connectivity index (χ3v) is 15.9. The molecule has 3 heterocycles. The molecule has 0 fully saturated rings. The van der Waals surface area contributed by atoms with Crippen LogP contribution in [-0.2, 0) is 0 Å². The van der Waals surface area contributed by atoms with Crippen molar-refractivity contribution in [3.63, 3.8) is 0 Å². The van der Waals surface area contributed by atoms with Gasteiger partial charge in [0.05, 0.1) is 22.7 Å². The molecule has 15 aromatic rings. The number of hydrogen-bond acceptors (Lipinski definition) is 5. The maximum absolute atomic E-state index is 6.89. The second kappa shape index (κ2) is 16.6. The monoisotopic (exact) mass is 950 g/mol. The molecule has 5 heteroatoms. The number of rotatable bonds is 8. The van der Waals surface area contributed by atoms with Crippen LogP contribution in [0.4, 0.5) is 34.1 Å². The predicted molar refractivity (Wildman–Crippen MR) is 309 cm³/mol. The number of para-hydroxylation sites is 4. The van der Waals surface area contributed by atoms with Crippen LogP contribution in [0.5, 0.6) is 0 Å². The van der Waals surface area contributed by atoms with E-state index in [0.29, 0.717) is 0 Å². The van der Waals surface area contributed by atoms with Crippen molar-refractivity contribution in [2.75, 3.05) is 9.80 Å². The minimum absolute atomic E-state index is 0.842. The minimum Gasteiger partial charge on any atom is -0.454 e. The van der Waals surface area contributed by atoms with Crippen molar-refractivity contribution >= 4 is 131 Å². The summed E-state index contributed by atoms with van der Waals surface area (Å²) in [5.41, 5.74) is 14.1. The van der Waals surface area contributed by atoms with Gasteiger partial charge in [0, 0.05) is 74.6 Å². The molecule has 0 N–H and O–H groups in total. The number of nitrogens with zero attached hydrogens (tertiary/aromatic N) is 2. The Bertz CT molecular complexity index is 4350. The Morgan fingerprint density at radius 2 is 0.603 bits per heavy atom. The van der Waals surface area contributed by atoms with Gasteiger partial charge in [-0.1, -0.05) is 194 Å². The third kappa shape index (κ3) is 6.60. The second-order valence-corrected chi connectivity index (χ2v) is 19.8. The third-order valence-electron chi connectivity index (χ3n) is 14.6. The van der Waals surface area contributed by atoms with Crippen molar-refractivity contribution in [2.45, 2.75) is 0 Å². The first-order valence-corrected chi connectivity index (χ1v) is 25.5. The molecule has 4 nitrogen and oxygen atoms in total. The normalized spacial score (nSPS) is 11.8. The standard InChI is InChI=1S/C68H42N2O2S/c1-3-19-43(20-4-1)45-23-15-25-47(39-45)69(59-35-17-33-53-51-29-11-13-37-63(51)71-65(53)59)61-41-57-58-42-62(50-28-8-10-32-56(50)68(58)73-67(57)55-31-9-7-27-49(55)61)70(48-26-16-24-46(40-48)44-21-5-2-6-22-44)60-36-18-34-54-52-30-12-14-38-64(52)72-66(54)60/h1-42H. The lowest BCUT2D eigenvalue weighted by atomic mass is 9.98. The summed E-state index contributed by atoms with van der Waals surface area (Å²) >= 11 is 1.88. The Balaban J connectivity index is 1.04. The van der Waals surface area contributed by atoms with Crippen LogP contribution in [0.3, 0.4) is 0 Å². The zero-order valence-electron chi connectivity index (χ0n) is 39.4. The van der Waals surface area contributed by atoms with Crippen molar-refractivity contribution in [3.8, 4) is 22.3 Å². The van der Waals surface area contributed by atoms with Crippen LogP contribution in [0.25, 0.3) is 108 Å². The van der Waals surface area contributed by atoms with E-state index in [9.17, 15) is 0 Å². The average molecular weight is 951 g/mol. The molecule has 0 saturated heterocycles. The van der Waals surface area contributed by atoms with Gasteiger partial charge in [-0.25, -0.2) is 0 Å². The Kier molecular flexibility index (Phi) is 9.41. The van der Waals surface area contributed by atoms with Crippen LogP contribution in [-0.4, -0.2) is 0 Å². The maximum Gasteiger partial charge on any atom is 0.159 e. The summed E-state index contributed by atoms with van der Waals surface area (Å²) in [6.45, 7) is 0. The highest BCUT2D eigenvalue weighted by Crippen LogP contribution is 2.53. The zero-order chi connectivity index (χ0) is 48.0. The molecule has 3 aromatic heterocycles. The smallest absolute Gasteiger partial charge is 0.159 e. The fourth-order valence-electron chi connectivity index (χ4n) is 11.3. The van der Waals surface area contributed by atoms with Crippen molar-refractivity contribution in [1.82, 2.24) is 0 Å². The molecule has 0 radical (unpaired) electrons. The largest absolute Gasteiger partial charge is 0.454 e. The summed E-state index contributed by atoms with van der Waals surface area (Å²) < 4.78 is 16.3. The van der Waals surface area contributed by atoms with Crippen molar-refractivity contribution < 1.29 is 8.83 Å². The summed E-state index contributed by atoms with van der Waals surface area (Å²) in [6, 6.07) is 91.6. The van der Waals surface area contributed by atoms with Gasteiger partial charge in [0.25, 0.3) is 0 Å². The van der Waals surface area contributed by atoms with Gasteiger partial charge in [-0.2, -0.15) is 0 Å². The molecule has 0 spiro atoms. The van der Waals surface area contributed by atoms with Gasteiger partial charge in [0.15, 0.2) is 11.2 Å². The van der Waals surface area contributed by atoms with Crippen LogP contribution in [0.2, 0.25) is 0 Å². The molecule has 0 unspecified atom stereocenters. The molecular formula is C68H42N2O2S. The number of anilines is 6. The molecule has 15 rings (SSSR count). The van der Waals surface area contributed by atoms with E-state index in [-0.39, 0.29) is 0 Å². The van der Waals surface area contributed by atoms with E-state index in [1.807, 2.05) is 23.5 Å². The number of benzene rings is 12. The van der Waals surface area contributed by atoms with E-state index >= 15 is 0 Å². The number of furan rings is 2. The lowest BCUT2D eigenvalue weighted by Crippen LogP contribution is -2.11. The Labute approximate surface area is 424 Å². The Morgan fingerprint density at radius 1 is 0.247 bits per heavy atom. The quantitative estimate of drug-likeness (QED) is 0.152. The average Bonchev–Trinajstić information content (AvgIpc) is 4.16. The highest BCUT2D eigenvalue weighted by Gasteiger charge is 2.27. The van der Waals surface area contributed by atoms with Crippen LogP contribution in [0.15, 0.2) is 264 Å². The number of thiophene rings is 1. The van der Waals surface area contributed by atoms with Gasteiger partial charge in [0.1, 0.15) is 11.2 Å². The van der Waals surface area contributed by atoms with Gasteiger partial charge in [-0.05, 0) is 82.9 Å². The second-order valence-electron chi connectivity index (χ2n) is 18.7. The Hall–Kier alpha value is -9.42. The molecule has 0 atom stereocenters. The van der Waals surface area contributed by atoms with Gasteiger partial charge in [0.2, 0.25) is 0 Å². The van der Waals surface area contributed by atoms with Gasteiger partial charge in [-0.15, -0.1) is 11.3 Å².